The van der Waals surface area contributed by atoms with Crippen LogP contribution in [-0.2, 0) is 52.7 Å². The third kappa shape index (κ3) is 20.0. The Labute approximate surface area is 471 Å². The second kappa shape index (κ2) is 30.6. The molecule has 1 saturated heterocycles. The van der Waals surface area contributed by atoms with Crippen LogP contribution in [0.3, 0.4) is 0 Å². The first kappa shape index (κ1) is 71.1. The maximum absolute atomic E-state index is 14.8. The molecule has 1 fully saturated rings. The minimum Gasteiger partial charge on any atom is -0.390 e. The summed E-state index contributed by atoms with van der Waals surface area (Å²) in [6, 6.07) is -12.0. The molecule has 10 unspecified atom stereocenters. The van der Waals surface area contributed by atoms with Crippen LogP contribution in [0.15, 0.2) is 0 Å². The molecule has 0 bridgehead atoms. The van der Waals surface area contributed by atoms with E-state index in [1.807, 2.05) is 41.5 Å². The molecule has 0 aromatic rings. The summed E-state index contributed by atoms with van der Waals surface area (Å²) >= 11 is 0. The van der Waals surface area contributed by atoms with E-state index in [2.05, 4.69) is 21.3 Å². The van der Waals surface area contributed by atoms with Crippen molar-refractivity contribution in [2.75, 3.05) is 55.9 Å². The zero-order valence-corrected chi connectivity index (χ0v) is 52.0. The predicted octanol–water partition coefficient (Wildman–Crippen LogP) is 1.44. The fraction of sp³-hybridized carbons (Fsp3) is 0.804. The van der Waals surface area contributed by atoms with Gasteiger partial charge in [-0.2, -0.15) is 0 Å². The summed E-state index contributed by atoms with van der Waals surface area (Å²) < 4.78 is 0. The van der Waals surface area contributed by atoms with Crippen molar-refractivity contribution in [3.05, 3.63) is 0 Å². The summed E-state index contributed by atoms with van der Waals surface area (Å²) in [5.41, 5.74) is -1.53. The Morgan fingerprint density at radius 2 is 0.899 bits per heavy atom. The second-order valence-corrected chi connectivity index (χ2v) is 24.4. The number of amides is 11. The van der Waals surface area contributed by atoms with Gasteiger partial charge in [0.05, 0.1) is 12.1 Å². The van der Waals surface area contributed by atoms with Crippen molar-refractivity contribution in [3.8, 4) is 0 Å². The van der Waals surface area contributed by atoms with Crippen molar-refractivity contribution in [1.82, 2.24) is 55.6 Å². The van der Waals surface area contributed by atoms with E-state index in [1.165, 1.54) is 108 Å². The normalized spacial score (nSPS) is 27.3. The van der Waals surface area contributed by atoms with Crippen molar-refractivity contribution in [3.63, 3.8) is 0 Å². The number of carbonyl (C=O) groups excluding carboxylic acids is 11. The third-order valence-electron chi connectivity index (χ3n) is 14.7. The standard InChI is InChI=1S/C56H101N11O12/c1-24-38-51(74)61(17)29-43(68)63(19)39(25-30(2)3)49(72)60-44(33(8)9)54(77)64(20)40(26-31(4)5)48(71)57-35(12)46(69)58-36(13)50(73)66(22)42(28-56(15,16)79)53(76)65(21)41(27-32(6)7)52(75)67(23)45(34(10)11)55(78)62(18)37(14)47(70)59-38/h30-42,44-45,79H,24-29H2,1-23H3,(H,57,71)(H,58,69)(H,59,70)(H,60,72). The van der Waals surface area contributed by atoms with Crippen LogP contribution in [0.1, 0.15) is 143 Å². The smallest absolute Gasteiger partial charge is 0.246 e. The topological polar surface area (TPSA) is 279 Å². The van der Waals surface area contributed by atoms with E-state index in [4.69, 9.17) is 0 Å². The van der Waals surface area contributed by atoms with Gasteiger partial charge < -0.3 is 60.7 Å². The van der Waals surface area contributed by atoms with E-state index in [0.29, 0.717) is 0 Å². The Hall–Kier alpha value is -5.87. The van der Waals surface area contributed by atoms with Gasteiger partial charge in [-0.3, -0.25) is 52.7 Å². The highest BCUT2D eigenvalue weighted by atomic mass is 16.3. The summed E-state index contributed by atoms with van der Waals surface area (Å²) in [4.78, 5) is 165. The van der Waals surface area contributed by atoms with Gasteiger partial charge in [0.15, 0.2) is 0 Å². The number of likely N-dealkylation sites (N-methyl/N-ethyl adjacent to an activating group) is 7. The molecule has 10 atom stereocenters. The average Bonchev–Trinajstić information content (AvgIpc) is 3.34. The van der Waals surface area contributed by atoms with Crippen LogP contribution < -0.4 is 21.3 Å². The molecule has 0 aromatic carbocycles. The molecule has 0 radical (unpaired) electrons. The molecule has 0 spiro atoms. The summed E-state index contributed by atoms with van der Waals surface area (Å²) in [5, 5.41) is 22.0. The second-order valence-electron chi connectivity index (χ2n) is 24.4. The fourth-order valence-corrected chi connectivity index (χ4v) is 9.58. The Morgan fingerprint density at radius 3 is 1.35 bits per heavy atom. The minimum atomic E-state index is -1.53. The Morgan fingerprint density at radius 1 is 0.468 bits per heavy atom. The Balaban J connectivity index is 4.13. The van der Waals surface area contributed by atoms with Gasteiger partial charge in [-0.1, -0.05) is 76.2 Å². The van der Waals surface area contributed by atoms with E-state index in [-0.39, 0.29) is 49.9 Å². The number of aliphatic hydroxyl groups is 1. The van der Waals surface area contributed by atoms with Gasteiger partial charge in [-0.15, -0.1) is 0 Å². The first-order valence-corrected chi connectivity index (χ1v) is 27.9. The van der Waals surface area contributed by atoms with Crippen LogP contribution in [-0.4, -0.2) is 226 Å². The van der Waals surface area contributed by atoms with Crippen molar-refractivity contribution >= 4 is 65.0 Å². The van der Waals surface area contributed by atoms with E-state index in [0.717, 1.165) is 9.80 Å². The summed E-state index contributed by atoms with van der Waals surface area (Å²) in [5.74, 6) is -8.78. The van der Waals surface area contributed by atoms with E-state index >= 15 is 0 Å². The minimum absolute atomic E-state index is 0.101. The lowest BCUT2D eigenvalue weighted by Gasteiger charge is -2.41. The van der Waals surface area contributed by atoms with Gasteiger partial charge in [-0.25, -0.2) is 0 Å². The van der Waals surface area contributed by atoms with Gasteiger partial charge in [0.1, 0.15) is 60.4 Å². The molecule has 1 aliphatic rings. The molecular weight excluding hydrogens is 1020 g/mol. The number of hydrogen-bond acceptors (Lipinski definition) is 12. The number of rotatable bonds is 11. The van der Waals surface area contributed by atoms with E-state index < -0.39 is 149 Å². The monoisotopic (exact) mass is 1120 g/mol. The van der Waals surface area contributed by atoms with Crippen LogP contribution in [0.25, 0.3) is 0 Å². The zero-order valence-electron chi connectivity index (χ0n) is 52.0. The SMILES string of the molecule is CCC1NC(=O)C(C)N(C)C(=O)C(C(C)C)N(C)C(=O)C(CC(C)C)N(C)C(=O)C(CC(C)(C)O)N(C)C(=O)C(C)NC(=O)C(C)NC(=O)C(CC(C)C)N(C)C(=O)C(C(C)C)NC(=O)C(CC(C)C)N(C)C(=O)CN(C)C1=O. The van der Waals surface area contributed by atoms with Crippen molar-refractivity contribution in [2.45, 2.75) is 209 Å². The zero-order chi connectivity index (χ0) is 61.6. The van der Waals surface area contributed by atoms with E-state index in [1.54, 1.807) is 34.6 Å². The molecule has 1 rings (SSSR count). The molecule has 452 valence electrons. The largest absolute Gasteiger partial charge is 0.390 e. The summed E-state index contributed by atoms with van der Waals surface area (Å²) in [6.45, 7) is 26.4. The summed E-state index contributed by atoms with van der Waals surface area (Å²) in [6.07, 6.45) is 0.261. The molecule has 79 heavy (non-hydrogen) atoms. The highest BCUT2D eigenvalue weighted by molar-refractivity contribution is 5.99. The first-order valence-electron chi connectivity index (χ1n) is 27.9. The highest BCUT2D eigenvalue weighted by Gasteiger charge is 2.44. The fourth-order valence-electron chi connectivity index (χ4n) is 9.58. The van der Waals surface area contributed by atoms with Crippen molar-refractivity contribution in [2.24, 2.45) is 29.6 Å². The molecule has 23 nitrogen and oxygen atoms in total. The number of hydrogen-bond donors (Lipinski definition) is 5. The number of nitrogens with zero attached hydrogens (tertiary/aromatic N) is 7. The van der Waals surface area contributed by atoms with Crippen LogP contribution in [0.5, 0.6) is 0 Å². The van der Waals surface area contributed by atoms with Gasteiger partial charge in [0.2, 0.25) is 65.0 Å². The summed E-state index contributed by atoms with van der Waals surface area (Å²) in [7, 11) is 9.81. The van der Waals surface area contributed by atoms with Gasteiger partial charge in [0.25, 0.3) is 0 Å². The van der Waals surface area contributed by atoms with Gasteiger partial charge in [-0.05, 0) is 89.9 Å². The molecule has 1 heterocycles. The maximum atomic E-state index is 14.8. The molecule has 1 aliphatic heterocycles. The number of nitrogens with one attached hydrogen (secondary N) is 4. The maximum Gasteiger partial charge on any atom is 0.246 e. The molecule has 0 aromatic heterocycles. The lowest BCUT2D eigenvalue weighted by Crippen LogP contribution is -2.61. The van der Waals surface area contributed by atoms with Gasteiger partial charge >= 0.3 is 0 Å². The van der Waals surface area contributed by atoms with Crippen molar-refractivity contribution < 1.29 is 57.8 Å². The molecule has 0 saturated carbocycles. The molecular formula is C56H101N11O12. The quantitative estimate of drug-likeness (QED) is 0.197. The van der Waals surface area contributed by atoms with Crippen LogP contribution in [0.4, 0.5) is 0 Å². The Kier molecular flexibility index (Phi) is 27.6. The van der Waals surface area contributed by atoms with Crippen molar-refractivity contribution in [1.29, 1.82) is 0 Å². The average molecular weight is 1120 g/mol. The van der Waals surface area contributed by atoms with Crippen LogP contribution in [0, 0.1) is 29.6 Å². The third-order valence-corrected chi connectivity index (χ3v) is 14.7. The molecule has 5 N–H and O–H groups in total. The van der Waals surface area contributed by atoms with Crippen LogP contribution in [0.2, 0.25) is 0 Å². The highest BCUT2D eigenvalue weighted by Crippen LogP contribution is 2.24. The molecule has 0 aliphatic carbocycles. The number of carbonyl (C=O) groups is 11. The predicted molar refractivity (Wildman–Crippen MR) is 301 cm³/mol. The lowest BCUT2D eigenvalue weighted by atomic mass is 9.94. The van der Waals surface area contributed by atoms with Crippen LogP contribution >= 0.6 is 0 Å². The molecule has 23 heteroatoms. The molecule has 11 amide bonds. The lowest BCUT2D eigenvalue weighted by molar-refractivity contribution is -0.156. The Bertz CT molecular complexity index is 2160. The van der Waals surface area contributed by atoms with E-state index in [9.17, 15) is 57.8 Å². The first-order chi connectivity index (χ1) is 36.1. The van der Waals surface area contributed by atoms with Gasteiger partial charge in [0, 0.05) is 55.8 Å².